The van der Waals surface area contributed by atoms with Gasteiger partial charge in [0.1, 0.15) is 5.82 Å². The van der Waals surface area contributed by atoms with Crippen LogP contribution in [0.25, 0.3) is 10.9 Å². The first-order valence-electron chi connectivity index (χ1n) is 6.61. The van der Waals surface area contributed by atoms with Crippen LogP contribution in [0.4, 0.5) is 4.39 Å². The Morgan fingerprint density at radius 3 is 2.76 bits per heavy atom. The van der Waals surface area contributed by atoms with Crippen LogP contribution in [0.1, 0.15) is 17.2 Å². The standard InChI is InChI=1S/C17H13ClFNO/c18-14-9-12(5-6-15(14)19)17(21)10-11-7-8-20-16-4-2-1-3-13(11)16/h1-9,17,21H,10H2. The van der Waals surface area contributed by atoms with Gasteiger partial charge in [-0.2, -0.15) is 0 Å². The molecule has 2 aromatic carbocycles. The monoisotopic (exact) mass is 301 g/mol. The molecular weight excluding hydrogens is 289 g/mol. The zero-order valence-corrected chi connectivity index (χ0v) is 11.9. The summed E-state index contributed by atoms with van der Waals surface area (Å²) in [6.45, 7) is 0. The Morgan fingerprint density at radius 2 is 1.95 bits per heavy atom. The van der Waals surface area contributed by atoms with Crippen molar-refractivity contribution in [2.24, 2.45) is 0 Å². The zero-order valence-electron chi connectivity index (χ0n) is 11.1. The molecule has 0 saturated heterocycles. The molecule has 1 heterocycles. The van der Waals surface area contributed by atoms with E-state index in [0.717, 1.165) is 16.5 Å². The molecule has 0 radical (unpaired) electrons. The molecule has 0 aliphatic carbocycles. The fraction of sp³-hybridized carbons (Fsp3) is 0.118. The quantitative estimate of drug-likeness (QED) is 0.782. The van der Waals surface area contributed by atoms with Crippen LogP contribution in [0, 0.1) is 5.82 Å². The number of halogens is 2. The third-order valence-corrected chi connectivity index (χ3v) is 3.77. The lowest BCUT2D eigenvalue weighted by Gasteiger charge is -2.13. The fourth-order valence-corrected chi connectivity index (χ4v) is 2.57. The number of nitrogens with zero attached hydrogens (tertiary/aromatic N) is 1. The van der Waals surface area contributed by atoms with E-state index >= 15 is 0 Å². The van der Waals surface area contributed by atoms with Gasteiger partial charge >= 0.3 is 0 Å². The van der Waals surface area contributed by atoms with E-state index in [2.05, 4.69) is 4.98 Å². The molecule has 0 saturated carbocycles. The van der Waals surface area contributed by atoms with Crippen LogP contribution in [0.3, 0.4) is 0 Å². The van der Waals surface area contributed by atoms with E-state index in [1.54, 1.807) is 12.3 Å². The number of para-hydroxylation sites is 1. The molecule has 21 heavy (non-hydrogen) atoms. The van der Waals surface area contributed by atoms with Crippen LogP contribution in [0.5, 0.6) is 0 Å². The molecule has 0 aliphatic heterocycles. The van der Waals surface area contributed by atoms with Crippen LogP contribution >= 0.6 is 11.6 Å². The second kappa shape index (κ2) is 5.80. The number of hydrogen-bond donors (Lipinski definition) is 1. The first-order valence-corrected chi connectivity index (χ1v) is 6.98. The summed E-state index contributed by atoms with van der Waals surface area (Å²) in [5.41, 5.74) is 2.48. The summed E-state index contributed by atoms with van der Waals surface area (Å²) in [6.07, 6.45) is 1.40. The van der Waals surface area contributed by atoms with Crippen LogP contribution in [0.2, 0.25) is 5.02 Å². The van der Waals surface area contributed by atoms with E-state index in [1.807, 2.05) is 30.3 Å². The molecule has 0 spiro atoms. The van der Waals surface area contributed by atoms with Gasteiger partial charge in [-0.15, -0.1) is 0 Å². The Bertz CT molecular complexity index is 785. The minimum Gasteiger partial charge on any atom is -0.388 e. The van der Waals surface area contributed by atoms with Gasteiger partial charge in [0.2, 0.25) is 0 Å². The van der Waals surface area contributed by atoms with Crippen molar-refractivity contribution in [3.05, 3.63) is 76.7 Å². The molecule has 0 aliphatic rings. The molecule has 2 nitrogen and oxygen atoms in total. The molecule has 0 amide bonds. The first-order chi connectivity index (χ1) is 10.1. The number of aromatic nitrogens is 1. The number of hydrogen-bond acceptors (Lipinski definition) is 2. The Balaban J connectivity index is 1.92. The molecule has 0 fully saturated rings. The largest absolute Gasteiger partial charge is 0.388 e. The molecule has 1 N–H and O–H groups in total. The maximum atomic E-state index is 13.2. The highest BCUT2D eigenvalue weighted by Crippen LogP contribution is 2.26. The van der Waals surface area contributed by atoms with Gasteiger partial charge in [-0.1, -0.05) is 35.9 Å². The number of fused-ring (bicyclic) bond motifs is 1. The summed E-state index contributed by atoms with van der Waals surface area (Å²) < 4.78 is 13.2. The highest BCUT2D eigenvalue weighted by molar-refractivity contribution is 6.30. The van der Waals surface area contributed by atoms with E-state index in [1.165, 1.54) is 12.1 Å². The average molecular weight is 302 g/mol. The lowest BCUT2D eigenvalue weighted by Crippen LogP contribution is -2.03. The van der Waals surface area contributed by atoms with Crippen molar-refractivity contribution in [1.82, 2.24) is 4.98 Å². The molecule has 106 valence electrons. The summed E-state index contributed by atoms with van der Waals surface area (Å²) in [5, 5.41) is 11.4. The topological polar surface area (TPSA) is 33.1 Å². The predicted molar refractivity (Wildman–Crippen MR) is 81.8 cm³/mol. The highest BCUT2D eigenvalue weighted by Gasteiger charge is 2.12. The molecule has 1 atom stereocenters. The van der Waals surface area contributed by atoms with Crippen LogP contribution < -0.4 is 0 Å². The minimum absolute atomic E-state index is 0.0196. The van der Waals surface area contributed by atoms with Crippen molar-refractivity contribution in [3.63, 3.8) is 0 Å². The average Bonchev–Trinajstić information content (AvgIpc) is 2.50. The molecule has 1 aromatic heterocycles. The summed E-state index contributed by atoms with van der Waals surface area (Å²) in [5.74, 6) is -0.484. The zero-order chi connectivity index (χ0) is 14.8. The van der Waals surface area contributed by atoms with Crippen molar-refractivity contribution in [1.29, 1.82) is 0 Å². The lowest BCUT2D eigenvalue weighted by atomic mass is 9.99. The van der Waals surface area contributed by atoms with Crippen LogP contribution in [-0.4, -0.2) is 10.1 Å². The van der Waals surface area contributed by atoms with Crippen LogP contribution in [0.15, 0.2) is 54.7 Å². The predicted octanol–water partition coefficient (Wildman–Crippen LogP) is 4.30. The second-order valence-corrected chi connectivity index (χ2v) is 5.29. The summed E-state index contributed by atoms with van der Waals surface area (Å²) in [4.78, 5) is 4.30. The first kappa shape index (κ1) is 14.0. The Kier molecular flexibility index (Phi) is 3.86. The van der Waals surface area contributed by atoms with E-state index in [4.69, 9.17) is 11.6 Å². The molecule has 1 unspecified atom stereocenters. The van der Waals surface area contributed by atoms with Gasteiger partial charge in [0.25, 0.3) is 0 Å². The van der Waals surface area contributed by atoms with Crippen molar-refractivity contribution < 1.29 is 9.50 Å². The van der Waals surface area contributed by atoms with E-state index in [9.17, 15) is 9.50 Å². The Morgan fingerprint density at radius 1 is 1.14 bits per heavy atom. The summed E-state index contributed by atoms with van der Waals surface area (Å²) in [6, 6.07) is 13.9. The second-order valence-electron chi connectivity index (χ2n) is 4.88. The number of aliphatic hydroxyl groups excluding tert-OH is 1. The fourth-order valence-electron chi connectivity index (χ4n) is 2.38. The SMILES string of the molecule is OC(Cc1ccnc2ccccc12)c1ccc(F)c(Cl)c1. The highest BCUT2D eigenvalue weighted by atomic mass is 35.5. The molecule has 0 bridgehead atoms. The van der Waals surface area contributed by atoms with Crippen molar-refractivity contribution in [3.8, 4) is 0 Å². The molecular formula is C17H13ClFNO. The van der Waals surface area contributed by atoms with Gasteiger partial charge in [-0.3, -0.25) is 4.98 Å². The minimum atomic E-state index is -0.742. The van der Waals surface area contributed by atoms with E-state index in [-0.39, 0.29) is 5.02 Å². The van der Waals surface area contributed by atoms with Crippen molar-refractivity contribution in [2.75, 3.05) is 0 Å². The maximum Gasteiger partial charge on any atom is 0.141 e. The number of rotatable bonds is 3. The van der Waals surface area contributed by atoms with Crippen LogP contribution in [-0.2, 0) is 6.42 Å². The third-order valence-electron chi connectivity index (χ3n) is 3.48. The van der Waals surface area contributed by atoms with Crippen molar-refractivity contribution in [2.45, 2.75) is 12.5 Å². The molecule has 3 aromatic rings. The van der Waals surface area contributed by atoms with Gasteiger partial charge in [0.05, 0.1) is 16.6 Å². The number of pyridine rings is 1. The smallest absolute Gasteiger partial charge is 0.141 e. The number of benzene rings is 2. The van der Waals surface area contributed by atoms with Crippen molar-refractivity contribution >= 4 is 22.5 Å². The van der Waals surface area contributed by atoms with E-state index in [0.29, 0.717) is 12.0 Å². The third kappa shape index (κ3) is 2.89. The molecule has 4 heteroatoms. The Labute approximate surface area is 126 Å². The summed E-state index contributed by atoms with van der Waals surface area (Å²) in [7, 11) is 0. The summed E-state index contributed by atoms with van der Waals surface area (Å²) >= 11 is 5.76. The lowest BCUT2D eigenvalue weighted by molar-refractivity contribution is 0.179. The Hall–Kier alpha value is -1.97. The molecule has 3 rings (SSSR count). The van der Waals surface area contributed by atoms with Gasteiger partial charge in [0, 0.05) is 18.0 Å². The number of aliphatic hydroxyl groups is 1. The maximum absolute atomic E-state index is 13.2. The van der Waals surface area contributed by atoms with Gasteiger partial charge < -0.3 is 5.11 Å². The van der Waals surface area contributed by atoms with Gasteiger partial charge in [0.15, 0.2) is 0 Å². The normalized spacial score (nSPS) is 12.5. The van der Waals surface area contributed by atoms with Gasteiger partial charge in [-0.25, -0.2) is 4.39 Å². The van der Waals surface area contributed by atoms with Gasteiger partial charge in [-0.05, 0) is 35.4 Å². The van der Waals surface area contributed by atoms with E-state index < -0.39 is 11.9 Å².